The molecule has 0 aliphatic heterocycles. The van der Waals surface area contributed by atoms with E-state index in [1.165, 1.54) is 39.8 Å². The highest BCUT2D eigenvalue weighted by Gasteiger charge is 2.34. The van der Waals surface area contributed by atoms with E-state index in [1.54, 1.807) is 0 Å². The Morgan fingerprint density at radius 2 is 1.03 bits per heavy atom. The van der Waals surface area contributed by atoms with Crippen LogP contribution in [0.3, 0.4) is 0 Å². The van der Waals surface area contributed by atoms with Crippen molar-refractivity contribution in [2.75, 3.05) is 52.2 Å². The minimum absolute atomic E-state index is 0.00578. The number of halogens is 8. The van der Waals surface area contributed by atoms with Crippen LogP contribution >= 0.6 is 23.5 Å². The zero-order chi connectivity index (χ0) is 101. The molecule has 1 atom stereocenters. The zero-order valence-electron chi connectivity index (χ0n) is 87.5. The first-order valence-corrected chi connectivity index (χ1v) is 31.0. The van der Waals surface area contributed by atoms with Crippen LogP contribution in [-0.2, 0) is 85.0 Å². The first-order chi connectivity index (χ1) is 60.1. The third-order valence-corrected chi connectivity index (χ3v) is 15.7. The number of benzene rings is 6. The number of alkyl halides is 6. The van der Waals surface area contributed by atoms with Gasteiger partial charge in [-0.05, 0) is 163 Å². The average Bonchev–Trinajstić information content (AvgIpc) is 1.50. The van der Waals surface area contributed by atoms with E-state index in [9.17, 15) is 61.2 Å². The summed E-state index contributed by atoms with van der Waals surface area (Å²) in [7, 11) is 0. The van der Waals surface area contributed by atoms with Crippen LogP contribution in [-0.4, -0.2) is 103 Å². The van der Waals surface area contributed by atoms with Gasteiger partial charge in [-0.15, -0.1) is 0 Å². The van der Waals surface area contributed by atoms with E-state index in [0.717, 1.165) is 60.0 Å². The van der Waals surface area contributed by atoms with Crippen molar-refractivity contribution in [2.24, 2.45) is 5.89 Å². The number of likely N-dealkylation sites (N-methyl/N-ethyl adjacent to an activating group) is 2. The van der Waals surface area contributed by atoms with Crippen LogP contribution in [0.1, 0.15) is 152 Å². The summed E-state index contributed by atoms with van der Waals surface area (Å²) in [6.45, 7) is -24.8. The molecule has 508 valence electrons. The van der Waals surface area contributed by atoms with Crippen LogP contribution in [0.25, 0.3) is 22.3 Å². The molecule has 8 aromatic rings. The number of nitrogens with zero attached hydrogens (tertiary/aromatic N) is 8. The molecule has 0 bridgehead atoms. The Balaban J connectivity index is 0.000000297. The van der Waals surface area contributed by atoms with E-state index < -0.39 is 301 Å². The second kappa shape index (κ2) is 32.9. The molecule has 10 rings (SSSR count). The monoisotopic (exact) mass is 1400 g/mol. The van der Waals surface area contributed by atoms with Gasteiger partial charge in [-0.25, -0.2) is 8.78 Å². The van der Waals surface area contributed by atoms with Crippen molar-refractivity contribution < 1.29 is 94.1 Å². The molecular formula is C74H80F8N8O4S2. The van der Waals surface area contributed by atoms with Gasteiger partial charge in [-0.2, -0.15) is 36.3 Å². The van der Waals surface area contributed by atoms with Gasteiger partial charge in [0, 0.05) is 85.3 Å². The highest BCUT2D eigenvalue weighted by molar-refractivity contribution is 7.98. The molecule has 0 radical (unpaired) electrons. The normalized spacial score (nSPS) is 22.0. The first kappa shape index (κ1) is 38.3. The third kappa shape index (κ3) is 19.0. The van der Waals surface area contributed by atoms with Gasteiger partial charge in [0.2, 0.25) is 11.8 Å². The molecule has 96 heavy (non-hydrogen) atoms. The van der Waals surface area contributed by atoms with E-state index in [1.807, 2.05) is 0 Å². The third-order valence-electron chi connectivity index (χ3n) is 13.8. The quantitative estimate of drug-likeness (QED) is 0.0295. The number of thioether (sulfide) groups is 2. The molecule has 0 spiro atoms. The summed E-state index contributed by atoms with van der Waals surface area (Å²) >= 11 is 0.507. The Bertz CT molecular complexity index is 5950. The number of aromatic nitrogens is 4. The van der Waals surface area contributed by atoms with Crippen molar-refractivity contribution in [2.45, 2.75) is 134 Å². The van der Waals surface area contributed by atoms with Crippen molar-refractivity contribution in [3.63, 3.8) is 0 Å². The summed E-state index contributed by atoms with van der Waals surface area (Å²) in [5.74, 6) is -12.2. The van der Waals surface area contributed by atoms with E-state index in [0.29, 0.717) is 16.3 Å². The van der Waals surface area contributed by atoms with Crippen LogP contribution < -0.4 is 11.1 Å². The van der Waals surface area contributed by atoms with Gasteiger partial charge in [0.15, 0.2) is 10.3 Å². The topological polar surface area (TPSA) is 117 Å². The first-order valence-electron chi connectivity index (χ1n) is 47.0. The molecule has 2 aliphatic rings. The smallest absolute Gasteiger partial charge is 0.336 e. The standard InChI is InChI=1S/2C37H40F4N4O2S/c1-4-43(5-2)18-19-44(22-26-6-10-28(11-7-26)29-12-14-30(15-13-29)37(39,40)41)34(46)23-45-33-21-25(3)20-32(33)35(47)42-36(45)48-24-27-8-16-31(38)17-9-27;1-4-43(5-2)19-20-44(22-26-9-13-28(14-10-26)29-15-18-32(25(3)21-29)37(39,40)41)34(46)23-45-33-8-6-7-31(33)35(47)42-36(45)48-24-27-11-16-30(38)17-12-27/h6-17,25H,4-5,18-24H2,1-3H3;9-18,21H,4-8,19-20,22-24H2,1-3H3/i8D,9D,16D,17D,18D2,19D2,20D2,21D2,22D2,23D2,25D;9D,10D,11D,12D,13D,14D,15D,16D,17D,18D,19D2,20D2,21D,22D2,23D2. The molecule has 2 amide bonds. The van der Waals surface area contributed by atoms with Crippen molar-refractivity contribution in [1.29, 1.82) is 0 Å². The van der Waals surface area contributed by atoms with Gasteiger partial charge in [0.05, 0.1) is 48.1 Å². The van der Waals surface area contributed by atoms with Gasteiger partial charge in [-0.3, -0.25) is 19.2 Å². The van der Waals surface area contributed by atoms with Gasteiger partial charge in [0.1, 0.15) is 24.6 Å². The van der Waals surface area contributed by atoms with Crippen LogP contribution in [0.5, 0.6) is 0 Å². The fraction of sp³-hybridized carbons (Fsp3) is 0.378. The van der Waals surface area contributed by atoms with Crippen LogP contribution in [0, 0.1) is 24.5 Å². The largest absolute Gasteiger partial charge is 0.416 e. The molecule has 0 N–H and O–H groups in total. The van der Waals surface area contributed by atoms with Crippen LogP contribution in [0.4, 0.5) is 35.1 Å². The molecule has 12 nitrogen and oxygen atoms in total. The van der Waals surface area contributed by atoms with E-state index in [-0.39, 0.29) is 84.2 Å². The van der Waals surface area contributed by atoms with Crippen molar-refractivity contribution in [3.05, 3.63) is 233 Å². The predicted molar refractivity (Wildman–Crippen MR) is 362 cm³/mol. The fourth-order valence-electron chi connectivity index (χ4n) is 8.92. The number of rotatable bonds is 26. The number of carbonyl (C=O) groups is 2. The minimum Gasteiger partial charge on any atom is -0.336 e. The van der Waals surface area contributed by atoms with Crippen LogP contribution in [0.15, 0.2) is 159 Å². The Labute approximate surface area is 614 Å². The van der Waals surface area contributed by atoms with Crippen molar-refractivity contribution >= 4 is 35.3 Å². The summed E-state index contributed by atoms with van der Waals surface area (Å²) in [6.07, 6.45) is -16.7. The highest BCUT2D eigenvalue weighted by Crippen LogP contribution is 2.36. The number of fused-ring (bicyclic) bond motifs is 2. The molecule has 1 unspecified atom stereocenters. The Kier molecular flexibility index (Phi) is 13.1. The SMILES string of the molecule is [2H]c1c([2H])c(CSc2nc(=O)c3c(n2C([2H])([2H])C(=O)N(C([2H])([2H])c2c([2H])c([2H])c(-c4c([2H])c([2H])c(C(F)(F)F)c(C)c4[2H])c([2H])c2[2H])C([2H])([2H])C([2H])([2H])N(CC)CC)CCC3)c([2H])c([2H])c1F.[2H]c1c([2H])c(CSc2nc(=O)c3c(n2C([2H])([2H])C(=O)N(C([2H])([2H])c2ccc(-c4ccc(C(F)(F)F)cc4)cc2)C([2H])([2H])C([2H])([2H])N(CC)CC)C([2H])([2H])C([2H])(C)C3([2H])[2H])c([2H])c([2H])c1F. The maximum atomic E-state index is 15.2. The summed E-state index contributed by atoms with van der Waals surface area (Å²) in [4.78, 5) is 65.6. The molecule has 0 saturated heterocycles. The number of hydrogen-bond donors (Lipinski definition) is 0. The molecule has 0 saturated carbocycles. The lowest BCUT2D eigenvalue weighted by molar-refractivity contribution is -0.138. The lowest BCUT2D eigenvalue weighted by Crippen LogP contribution is -2.40. The molecule has 22 heteroatoms. The van der Waals surface area contributed by atoms with E-state index in [4.69, 9.17) is 32.9 Å². The second-order valence-corrected chi connectivity index (χ2v) is 22.2. The lowest BCUT2D eigenvalue weighted by atomic mass is 9.98. The summed E-state index contributed by atoms with van der Waals surface area (Å²) in [5, 5.41) is -1.80. The maximum Gasteiger partial charge on any atom is 0.416 e. The van der Waals surface area contributed by atoms with E-state index in [2.05, 4.69) is 9.97 Å². The summed E-state index contributed by atoms with van der Waals surface area (Å²) in [5.41, 5.74) is -14.0. The highest BCUT2D eigenvalue weighted by atomic mass is 32.2. The van der Waals surface area contributed by atoms with Gasteiger partial charge in [-0.1, -0.05) is 155 Å². The number of carbonyl (C=O) groups excluding carboxylic acids is 2. The van der Waals surface area contributed by atoms with Crippen molar-refractivity contribution in [3.8, 4) is 22.3 Å². The number of amides is 2. The zero-order valence-corrected chi connectivity index (χ0v) is 53.2. The molecule has 6 aromatic carbocycles. The molecule has 0 fully saturated rings. The van der Waals surface area contributed by atoms with Gasteiger partial charge >= 0.3 is 12.4 Å². The fourth-order valence-corrected chi connectivity index (χ4v) is 10.6. The van der Waals surface area contributed by atoms with Gasteiger partial charge in [0.25, 0.3) is 11.1 Å². The predicted octanol–water partition coefficient (Wildman–Crippen LogP) is 15.0. The van der Waals surface area contributed by atoms with Gasteiger partial charge < -0.3 is 28.7 Å². The molecule has 2 aromatic heterocycles. The van der Waals surface area contributed by atoms with Crippen LogP contribution in [0.2, 0.25) is 0 Å². The summed E-state index contributed by atoms with van der Waals surface area (Å²) in [6, 6.07) is -9.58. The minimum atomic E-state index is -5.25. The molecule has 2 heterocycles. The summed E-state index contributed by atoms with van der Waals surface area (Å²) < 4.78 is 428. The van der Waals surface area contributed by atoms with E-state index >= 15 is 9.59 Å². The molecular weight excluding hydrogens is 1280 g/mol. The Morgan fingerprint density at radius 1 is 0.573 bits per heavy atom. The number of hydrogen-bond acceptors (Lipinski definition) is 10. The van der Waals surface area contributed by atoms with Crippen molar-refractivity contribution in [1.82, 2.24) is 38.7 Å². The maximum absolute atomic E-state index is 15.2. The second-order valence-electron chi connectivity index (χ2n) is 20.3. The Morgan fingerprint density at radius 3 is 1.52 bits per heavy atom. The Hall–Kier alpha value is -7.92. The molecule has 2 aliphatic carbocycles. The average molecular weight is 1400 g/mol. The lowest BCUT2D eigenvalue weighted by Gasteiger charge is -2.28.